The van der Waals surface area contributed by atoms with Crippen LogP contribution in [-0.4, -0.2) is 54.3 Å². The van der Waals surface area contributed by atoms with Crippen molar-refractivity contribution in [1.82, 2.24) is 15.1 Å². The number of nitrogens with one attached hydrogen (secondary N) is 1. The quantitative estimate of drug-likeness (QED) is 0.761. The van der Waals surface area contributed by atoms with Crippen LogP contribution in [0.1, 0.15) is 15.9 Å². The Kier molecular flexibility index (Phi) is 6.88. The van der Waals surface area contributed by atoms with E-state index in [4.69, 9.17) is 11.6 Å². The third-order valence-corrected chi connectivity index (χ3v) is 5.24. The summed E-state index contributed by atoms with van der Waals surface area (Å²) in [6.45, 7) is 3.76. The molecule has 2 aromatic carbocycles. The molecular formula is C20H21BrClN3O2. The topological polar surface area (TPSA) is 52.7 Å². The van der Waals surface area contributed by atoms with E-state index in [1.807, 2.05) is 24.3 Å². The SMILES string of the molecule is O=C(NCC(=O)N1CCN(Cc2cccc(Cl)c2)CC1)c1cccc(Br)c1. The molecule has 0 radical (unpaired) electrons. The van der Waals surface area contributed by atoms with E-state index in [1.165, 1.54) is 5.56 Å². The molecule has 1 fully saturated rings. The molecule has 0 unspecified atom stereocenters. The molecule has 1 saturated heterocycles. The van der Waals surface area contributed by atoms with E-state index in [-0.39, 0.29) is 18.4 Å². The van der Waals surface area contributed by atoms with Gasteiger partial charge in [-0.05, 0) is 35.9 Å². The highest BCUT2D eigenvalue weighted by Crippen LogP contribution is 2.14. The maximum absolute atomic E-state index is 12.4. The lowest BCUT2D eigenvalue weighted by molar-refractivity contribution is -0.131. The molecule has 5 nitrogen and oxygen atoms in total. The number of nitrogens with zero attached hydrogens (tertiary/aromatic N) is 2. The molecule has 2 amide bonds. The Hall–Kier alpha value is -1.89. The van der Waals surface area contributed by atoms with Crippen molar-refractivity contribution in [3.8, 4) is 0 Å². The molecule has 0 aromatic heterocycles. The van der Waals surface area contributed by atoms with Gasteiger partial charge in [-0.2, -0.15) is 0 Å². The number of piperazine rings is 1. The van der Waals surface area contributed by atoms with Gasteiger partial charge in [0.2, 0.25) is 5.91 Å². The minimum Gasteiger partial charge on any atom is -0.343 e. The molecule has 7 heteroatoms. The van der Waals surface area contributed by atoms with Crippen LogP contribution in [0, 0.1) is 0 Å². The molecule has 1 aliphatic rings. The predicted octanol–water partition coefficient (Wildman–Crippen LogP) is 3.18. The molecule has 0 atom stereocenters. The molecular weight excluding hydrogens is 430 g/mol. The van der Waals surface area contributed by atoms with E-state index in [9.17, 15) is 9.59 Å². The van der Waals surface area contributed by atoms with Crippen LogP contribution in [0.3, 0.4) is 0 Å². The molecule has 27 heavy (non-hydrogen) atoms. The largest absolute Gasteiger partial charge is 0.343 e. The van der Waals surface area contributed by atoms with E-state index in [0.29, 0.717) is 18.7 Å². The third-order valence-electron chi connectivity index (χ3n) is 4.51. The molecule has 142 valence electrons. The number of benzene rings is 2. The minimum absolute atomic E-state index is 0.0135. The molecule has 1 heterocycles. The third kappa shape index (κ3) is 5.79. The van der Waals surface area contributed by atoms with Gasteiger partial charge in [-0.25, -0.2) is 0 Å². The Morgan fingerprint density at radius 1 is 1.04 bits per heavy atom. The number of amides is 2. The zero-order valence-electron chi connectivity index (χ0n) is 14.8. The summed E-state index contributed by atoms with van der Waals surface area (Å²) in [5.74, 6) is -0.301. The van der Waals surface area contributed by atoms with Gasteiger partial charge in [-0.3, -0.25) is 14.5 Å². The highest BCUT2D eigenvalue weighted by atomic mass is 79.9. The fourth-order valence-corrected chi connectivity index (χ4v) is 3.66. The summed E-state index contributed by atoms with van der Waals surface area (Å²) in [4.78, 5) is 28.6. The lowest BCUT2D eigenvalue weighted by Crippen LogP contribution is -2.50. The van der Waals surface area contributed by atoms with Crippen molar-refractivity contribution >= 4 is 39.3 Å². The van der Waals surface area contributed by atoms with Crippen LogP contribution in [0.5, 0.6) is 0 Å². The van der Waals surface area contributed by atoms with Crippen LogP contribution in [0.4, 0.5) is 0 Å². The zero-order chi connectivity index (χ0) is 19.2. The van der Waals surface area contributed by atoms with Crippen LogP contribution in [0.15, 0.2) is 53.0 Å². The number of halogens is 2. The summed E-state index contributed by atoms with van der Waals surface area (Å²) < 4.78 is 0.831. The zero-order valence-corrected chi connectivity index (χ0v) is 17.2. The minimum atomic E-state index is -0.246. The van der Waals surface area contributed by atoms with Gasteiger partial charge in [0, 0.05) is 47.8 Å². The van der Waals surface area contributed by atoms with Gasteiger partial charge in [-0.1, -0.05) is 45.7 Å². The summed E-state index contributed by atoms with van der Waals surface area (Å²) in [5.41, 5.74) is 1.70. The molecule has 1 aliphatic heterocycles. The van der Waals surface area contributed by atoms with Crippen molar-refractivity contribution in [2.24, 2.45) is 0 Å². The van der Waals surface area contributed by atoms with E-state index in [2.05, 4.69) is 32.2 Å². The summed E-state index contributed by atoms with van der Waals surface area (Å²) in [5, 5.41) is 3.44. The first-order valence-electron chi connectivity index (χ1n) is 8.79. The van der Waals surface area contributed by atoms with Crippen molar-refractivity contribution in [1.29, 1.82) is 0 Å². The average Bonchev–Trinajstić information content (AvgIpc) is 2.66. The van der Waals surface area contributed by atoms with E-state index < -0.39 is 0 Å². The summed E-state index contributed by atoms with van der Waals surface area (Å²) in [6.07, 6.45) is 0. The monoisotopic (exact) mass is 449 g/mol. The maximum atomic E-state index is 12.4. The van der Waals surface area contributed by atoms with E-state index in [0.717, 1.165) is 29.1 Å². The molecule has 0 spiro atoms. The summed E-state index contributed by atoms with van der Waals surface area (Å²) >= 11 is 9.37. The van der Waals surface area contributed by atoms with Gasteiger partial charge in [-0.15, -0.1) is 0 Å². The Labute approximate surface area is 172 Å². The smallest absolute Gasteiger partial charge is 0.251 e. The van der Waals surface area contributed by atoms with Crippen LogP contribution in [-0.2, 0) is 11.3 Å². The second-order valence-electron chi connectivity index (χ2n) is 6.48. The molecule has 0 saturated carbocycles. The molecule has 0 bridgehead atoms. The van der Waals surface area contributed by atoms with Crippen LogP contribution < -0.4 is 5.32 Å². The van der Waals surface area contributed by atoms with Gasteiger partial charge in [0.1, 0.15) is 0 Å². The molecule has 0 aliphatic carbocycles. The Morgan fingerprint density at radius 3 is 2.48 bits per heavy atom. The number of rotatable bonds is 5. The highest BCUT2D eigenvalue weighted by Gasteiger charge is 2.21. The van der Waals surface area contributed by atoms with Crippen LogP contribution in [0.25, 0.3) is 0 Å². The lowest BCUT2D eigenvalue weighted by atomic mass is 10.2. The number of carbonyl (C=O) groups excluding carboxylic acids is 2. The van der Waals surface area contributed by atoms with Gasteiger partial charge < -0.3 is 10.2 Å². The fraction of sp³-hybridized carbons (Fsp3) is 0.300. The second-order valence-corrected chi connectivity index (χ2v) is 7.83. The fourth-order valence-electron chi connectivity index (χ4n) is 3.05. The Balaban J connectivity index is 1.43. The Morgan fingerprint density at radius 2 is 1.78 bits per heavy atom. The number of hydrogen-bond acceptors (Lipinski definition) is 3. The molecule has 3 rings (SSSR count). The lowest BCUT2D eigenvalue weighted by Gasteiger charge is -2.34. The molecule has 1 N–H and O–H groups in total. The first-order valence-corrected chi connectivity index (χ1v) is 9.97. The standard InChI is InChI=1S/C20H21BrClN3O2/c21-17-5-2-4-16(12-17)20(27)23-13-19(26)25-9-7-24(8-10-25)14-15-3-1-6-18(22)11-15/h1-6,11-12H,7-10,13-14H2,(H,23,27). The second kappa shape index (κ2) is 9.35. The number of hydrogen-bond donors (Lipinski definition) is 1. The summed E-state index contributed by atoms with van der Waals surface area (Å²) in [7, 11) is 0. The first kappa shape index (κ1) is 19.9. The maximum Gasteiger partial charge on any atom is 0.251 e. The van der Waals surface area contributed by atoms with Gasteiger partial charge in [0.05, 0.1) is 6.54 Å². The van der Waals surface area contributed by atoms with Crippen LogP contribution in [0.2, 0.25) is 5.02 Å². The van der Waals surface area contributed by atoms with Crippen molar-refractivity contribution in [3.63, 3.8) is 0 Å². The van der Waals surface area contributed by atoms with Gasteiger partial charge in [0.15, 0.2) is 0 Å². The Bertz CT molecular complexity index is 822. The normalized spacial score (nSPS) is 14.8. The van der Waals surface area contributed by atoms with Gasteiger partial charge in [0.25, 0.3) is 5.91 Å². The van der Waals surface area contributed by atoms with Crippen molar-refractivity contribution in [2.45, 2.75) is 6.54 Å². The predicted molar refractivity (Wildman–Crippen MR) is 110 cm³/mol. The highest BCUT2D eigenvalue weighted by molar-refractivity contribution is 9.10. The average molecular weight is 451 g/mol. The molecule has 2 aromatic rings. The van der Waals surface area contributed by atoms with E-state index >= 15 is 0 Å². The van der Waals surface area contributed by atoms with Crippen molar-refractivity contribution in [2.75, 3.05) is 32.7 Å². The van der Waals surface area contributed by atoms with Crippen LogP contribution >= 0.6 is 27.5 Å². The van der Waals surface area contributed by atoms with Crippen molar-refractivity contribution in [3.05, 3.63) is 69.2 Å². The first-order chi connectivity index (χ1) is 13.0. The number of carbonyl (C=O) groups is 2. The van der Waals surface area contributed by atoms with Gasteiger partial charge >= 0.3 is 0 Å². The van der Waals surface area contributed by atoms with E-state index in [1.54, 1.807) is 23.1 Å². The van der Waals surface area contributed by atoms with Crippen molar-refractivity contribution < 1.29 is 9.59 Å². The summed E-state index contributed by atoms with van der Waals surface area (Å²) in [6, 6.07) is 14.9.